The third kappa shape index (κ3) is 8.07. The summed E-state index contributed by atoms with van der Waals surface area (Å²) in [4.78, 5) is 31.5. The molecule has 0 N–H and O–H groups in total. The lowest BCUT2D eigenvalue weighted by molar-refractivity contribution is -0.133. The van der Waals surface area contributed by atoms with Crippen LogP contribution in [0.4, 0.5) is 0 Å². The third-order valence-corrected chi connectivity index (χ3v) is 7.32. The fourth-order valence-corrected chi connectivity index (χ4v) is 4.82. The summed E-state index contributed by atoms with van der Waals surface area (Å²) in [6, 6.07) is 16.7. The van der Waals surface area contributed by atoms with Crippen LogP contribution in [0.15, 0.2) is 60.0 Å². The number of halogens is 2. The number of aryl methyl sites for hydroxylation is 1. The summed E-state index contributed by atoms with van der Waals surface area (Å²) >= 11 is 13.8. The Morgan fingerprint density at radius 1 is 0.971 bits per heavy atom. The first-order valence-electron chi connectivity index (χ1n) is 11.6. The summed E-state index contributed by atoms with van der Waals surface area (Å²) < 4.78 is 5.45. The summed E-state index contributed by atoms with van der Waals surface area (Å²) in [5, 5.41) is 2.71. The summed E-state index contributed by atoms with van der Waals surface area (Å²) in [5.41, 5.74) is 2.59. The zero-order chi connectivity index (χ0) is 25.2. The molecule has 0 aliphatic carbocycles. The zero-order valence-corrected chi connectivity index (χ0v) is 22.3. The molecule has 0 saturated carbocycles. The number of ether oxygens (including phenoxy) is 1. The van der Waals surface area contributed by atoms with Gasteiger partial charge in [-0.3, -0.25) is 9.59 Å². The Kier molecular flexibility index (Phi) is 10.6. The molecule has 0 fully saturated rings. The van der Waals surface area contributed by atoms with Gasteiger partial charge in [0.05, 0.1) is 16.6 Å². The van der Waals surface area contributed by atoms with Crippen molar-refractivity contribution in [2.45, 2.75) is 33.4 Å². The van der Waals surface area contributed by atoms with Crippen LogP contribution >= 0.6 is 34.5 Å². The van der Waals surface area contributed by atoms with Crippen molar-refractivity contribution in [1.29, 1.82) is 0 Å². The maximum atomic E-state index is 13.6. The van der Waals surface area contributed by atoms with E-state index in [1.807, 2.05) is 54.5 Å². The van der Waals surface area contributed by atoms with E-state index < -0.39 is 0 Å². The number of thiophene rings is 1. The molecule has 0 unspecified atom stereocenters. The van der Waals surface area contributed by atoms with Gasteiger partial charge in [-0.25, -0.2) is 0 Å². The highest BCUT2D eigenvalue weighted by atomic mass is 35.5. The van der Waals surface area contributed by atoms with E-state index in [1.165, 1.54) is 0 Å². The monoisotopic (exact) mass is 532 g/mol. The molecule has 0 aliphatic rings. The number of rotatable bonds is 12. The van der Waals surface area contributed by atoms with E-state index >= 15 is 0 Å². The van der Waals surface area contributed by atoms with Crippen LogP contribution in [0.3, 0.4) is 0 Å². The van der Waals surface area contributed by atoms with Crippen LogP contribution in [0.1, 0.15) is 39.7 Å². The van der Waals surface area contributed by atoms with Crippen molar-refractivity contribution in [3.8, 4) is 0 Å². The Balaban J connectivity index is 1.81. The highest BCUT2D eigenvalue weighted by molar-refractivity contribution is 7.10. The second kappa shape index (κ2) is 13.6. The molecular weight excluding hydrogens is 503 g/mol. The molecule has 186 valence electrons. The molecular formula is C27H30Cl2N2O3S. The van der Waals surface area contributed by atoms with Crippen molar-refractivity contribution in [2.24, 2.45) is 0 Å². The number of amides is 2. The molecule has 35 heavy (non-hydrogen) atoms. The van der Waals surface area contributed by atoms with E-state index in [0.717, 1.165) is 16.0 Å². The first-order valence-corrected chi connectivity index (χ1v) is 13.2. The van der Waals surface area contributed by atoms with Crippen molar-refractivity contribution in [1.82, 2.24) is 9.80 Å². The zero-order valence-electron chi connectivity index (χ0n) is 20.0. The molecule has 2 aromatic carbocycles. The first kappa shape index (κ1) is 27.2. The van der Waals surface area contributed by atoms with Crippen LogP contribution in [0.5, 0.6) is 0 Å². The van der Waals surface area contributed by atoms with Crippen LogP contribution in [0.25, 0.3) is 0 Å². The van der Waals surface area contributed by atoms with E-state index in [1.54, 1.807) is 34.4 Å². The first-order chi connectivity index (χ1) is 16.9. The average Bonchev–Trinajstić information content (AvgIpc) is 3.26. The summed E-state index contributed by atoms with van der Waals surface area (Å²) in [6.07, 6.45) is 0.622. The van der Waals surface area contributed by atoms with Gasteiger partial charge in [0.15, 0.2) is 0 Å². The smallest absolute Gasteiger partial charge is 0.254 e. The third-order valence-electron chi connectivity index (χ3n) is 5.57. The molecule has 1 aromatic heterocycles. The van der Waals surface area contributed by atoms with E-state index in [2.05, 4.69) is 6.07 Å². The molecule has 2 amide bonds. The average molecular weight is 534 g/mol. The van der Waals surface area contributed by atoms with Gasteiger partial charge in [0.25, 0.3) is 5.91 Å². The Morgan fingerprint density at radius 3 is 2.40 bits per heavy atom. The standard InChI is InChI=1S/C27H30Cl2N2O3S/c1-3-34-14-7-13-30(27(33)22-10-11-23(28)24(29)16-22)19-26(32)31(17-21-8-5-4-6-9-21)18-25-20(2)12-15-35-25/h4-6,8-12,15-16H,3,7,13-14,17-19H2,1-2H3. The molecule has 0 aliphatic heterocycles. The maximum absolute atomic E-state index is 13.6. The second-order valence-electron chi connectivity index (χ2n) is 8.17. The van der Waals surface area contributed by atoms with Crippen LogP contribution in [-0.4, -0.2) is 47.9 Å². The Labute approximate surface area is 221 Å². The fourth-order valence-electron chi connectivity index (χ4n) is 3.60. The summed E-state index contributed by atoms with van der Waals surface area (Å²) in [7, 11) is 0. The molecule has 8 heteroatoms. The van der Waals surface area contributed by atoms with E-state index in [9.17, 15) is 9.59 Å². The van der Waals surface area contributed by atoms with E-state index in [4.69, 9.17) is 27.9 Å². The molecule has 1 heterocycles. The Bertz CT molecular complexity index is 1120. The van der Waals surface area contributed by atoms with E-state index in [0.29, 0.717) is 54.9 Å². The molecule has 0 bridgehead atoms. The largest absolute Gasteiger partial charge is 0.382 e. The van der Waals surface area contributed by atoms with Gasteiger partial charge in [-0.15, -0.1) is 11.3 Å². The van der Waals surface area contributed by atoms with Gasteiger partial charge in [0, 0.05) is 36.7 Å². The molecule has 0 spiro atoms. The minimum atomic E-state index is -0.264. The molecule has 5 nitrogen and oxygen atoms in total. The van der Waals surface area contributed by atoms with Crippen molar-refractivity contribution < 1.29 is 14.3 Å². The normalized spacial score (nSPS) is 10.9. The molecule has 0 saturated heterocycles. The van der Waals surface area contributed by atoms with Crippen LogP contribution < -0.4 is 0 Å². The lowest BCUT2D eigenvalue weighted by Crippen LogP contribution is -2.43. The van der Waals surface area contributed by atoms with Crippen molar-refractivity contribution >= 4 is 46.4 Å². The SMILES string of the molecule is CCOCCCN(CC(=O)N(Cc1ccccc1)Cc1sccc1C)C(=O)c1ccc(Cl)c(Cl)c1. The van der Waals surface area contributed by atoms with Gasteiger partial charge in [0.1, 0.15) is 6.54 Å². The minimum absolute atomic E-state index is 0.0392. The highest BCUT2D eigenvalue weighted by Crippen LogP contribution is 2.24. The van der Waals surface area contributed by atoms with Gasteiger partial charge < -0.3 is 14.5 Å². The van der Waals surface area contributed by atoms with Gasteiger partial charge in [-0.1, -0.05) is 53.5 Å². The fraction of sp³-hybridized carbons (Fsp3) is 0.333. The van der Waals surface area contributed by atoms with Crippen molar-refractivity contribution in [3.05, 3.63) is 91.6 Å². The number of hydrogen-bond donors (Lipinski definition) is 0. The molecule has 3 rings (SSSR count). The van der Waals surface area contributed by atoms with Gasteiger partial charge in [-0.2, -0.15) is 0 Å². The lowest BCUT2D eigenvalue weighted by Gasteiger charge is -2.28. The molecule has 0 radical (unpaired) electrons. The van der Waals surface area contributed by atoms with Crippen molar-refractivity contribution in [2.75, 3.05) is 26.3 Å². The summed E-state index contributed by atoms with van der Waals surface area (Å²) in [6.45, 7) is 6.39. The van der Waals surface area contributed by atoms with Crippen LogP contribution in [0.2, 0.25) is 10.0 Å². The number of nitrogens with zero attached hydrogens (tertiary/aromatic N) is 2. The Morgan fingerprint density at radius 2 is 1.74 bits per heavy atom. The number of carbonyl (C=O) groups is 2. The maximum Gasteiger partial charge on any atom is 0.254 e. The number of carbonyl (C=O) groups excluding carboxylic acids is 2. The minimum Gasteiger partial charge on any atom is -0.382 e. The topological polar surface area (TPSA) is 49.9 Å². The summed E-state index contributed by atoms with van der Waals surface area (Å²) in [5.74, 6) is -0.383. The second-order valence-corrected chi connectivity index (χ2v) is 9.98. The van der Waals surface area contributed by atoms with Gasteiger partial charge >= 0.3 is 0 Å². The quantitative estimate of drug-likeness (QED) is 0.251. The Hall–Kier alpha value is -2.38. The predicted molar refractivity (Wildman–Crippen MR) is 143 cm³/mol. The number of hydrogen-bond acceptors (Lipinski definition) is 4. The molecule has 0 atom stereocenters. The van der Waals surface area contributed by atoms with Gasteiger partial charge in [0.2, 0.25) is 5.91 Å². The predicted octanol–water partition coefficient (Wildman–Crippen LogP) is 6.46. The number of benzene rings is 2. The van der Waals surface area contributed by atoms with Crippen molar-refractivity contribution in [3.63, 3.8) is 0 Å². The van der Waals surface area contributed by atoms with Gasteiger partial charge in [-0.05, 0) is 61.0 Å². The lowest BCUT2D eigenvalue weighted by atomic mass is 10.1. The highest BCUT2D eigenvalue weighted by Gasteiger charge is 2.24. The van der Waals surface area contributed by atoms with E-state index in [-0.39, 0.29) is 18.4 Å². The van der Waals surface area contributed by atoms with Crippen LogP contribution in [0, 0.1) is 6.92 Å². The van der Waals surface area contributed by atoms with Crippen LogP contribution in [-0.2, 0) is 22.6 Å². The molecule has 3 aromatic rings.